The van der Waals surface area contributed by atoms with Crippen molar-refractivity contribution in [3.63, 3.8) is 0 Å². The first-order valence-corrected chi connectivity index (χ1v) is 11.9. The molecule has 0 radical (unpaired) electrons. The zero-order valence-corrected chi connectivity index (χ0v) is 21.8. The lowest BCUT2D eigenvalue weighted by Crippen LogP contribution is -2.49. The van der Waals surface area contributed by atoms with E-state index in [0.717, 1.165) is 0 Å². The summed E-state index contributed by atoms with van der Waals surface area (Å²) in [6.45, 7) is 4.75. The molecule has 0 unspecified atom stereocenters. The second-order valence-corrected chi connectivity index (χ2v) is 9.27. The number of halogens is 4. The normalized spacial score (nSPS) is 13.7. The van der Waals surface area contributed by atoms with Gasteiger partial charge in [-0.1, -0.05) is 72.4 Å². The number of nitrogens with zero attached hydrogens (tertiary/aromatic N) is 1. The largest absolute Gasteiger partial charge is 0.492 e. The van der Waals surface area contributed by atoms with Gasteiger partial charge in [0.15, 0.2) is 6.61 Å². The summed E-state index contributed by atoms with van der Waals surface area (Å²) in [5, 5.41) is 1.72. The number of esters is 1. The lowest BCUT2D eigenvalue weighted by atomic mass is 10.0. The second kappa shape index (κ2) is 11.0. The number of hydrogen-bond donors (Lipinski definition) is 1. The van der Waals surface area contributed by atoms with Gasteiger partial charge in [0.25, 0.3) is 17.7 Å². The fraction of sp³-hybridized carbons (Fsp3) is 0.304. The van der Waals surface area contributed by atoms with Crippen LogP contribution in [0.3, 0.4) is 0 Å². The molecule has 1 N–H and O–H groups in total. The molecule has 0 aliphatic carbocycles. The maximum atomic E-state index is 13.1. The van der Waals surface area contributed by atoms with Crippen LogP contribution >= 0.6 is 46.4 Å². The number of carbonyl (C=O) groups excluding carboxylic acids is 4. The third kappa shape index (κ3) is 5.21. The Bertz CT molecular complexity index is 1170. The Morgan fingerprint density at radius 1 is 0.943 bits per heavy atom. The molecule has 0 bridgehead atoms. The van der Waals surface area contributed by atoms with Gasteiger partial charge >= 0.3 is 5.97 Å². The van der Waals surface area contributed by atoms with Crippen LogP contribution in [0.1, 0.15) is 41.5 Å². The van der Waals surface area contributed by atoms with Gasteiger partial charge in [-0.3, -0.25) is 19.3 Å². The molecule has 1 aliphatic heterocycles. The number of rotatable bonds is 8. The van der Waals surface area contributed by atoms with E-state index < -0.39 is 42.3 Å². The molecule has 1 atom stereocenters. The highest BCUT2D eigenvalue weighted by Gasteiger charge is 2.48. The van der Waals surface area contributed by atoms with Crippen molar-refractivity contribution in [1.82, 2.24) is 4.90 Å². The minimum atomic E-state index is -1.37. The predicted molar refractivity (Wildman–Crippen MR) is 133 cm³/mol. The third-order valence-electron chi connectivity index (χ3n) is 5.09. The van der Waals surface area contributed by atoms with Crippen molar-refractivity contribution in [3.05, 3.63) is 55.5 Å². The van der Waals surface area contributed by atoms with Crippen molar-refractivity contribution in [2.75, 3.05) is 18.5 Å². The molecule has 12 heteroatoms. The summed E-state index contributed by atoms with van der Waals surface area (Å²) in [5.74, 6) is -3.48. The molecule has 1 heterocycles. The quantitative estimate of drug-likeness (QED) is 0.197. The van der Waals surface area contributed by atoms with Crippen LogP contribution in [0.5, 0.6) is 5.75 Å². The van der Waals surface area contributed by atoms with Gasteiger partial charge in [-0.05, 0) is 25.0 Å². The van der Waals surface area contributed by atoms with Gasteiger partial charge in [-0.25, -0.2) is 4.79 Å². The summed E-state index contributed by atoms with van der Waals surface area (Å²) in [5.41, 5.74) is -0.103. The van der Waals surface area contributed by atoms with Crippen LogP contribution in [-0.4, -0.2) is 47.8 Å². The summed E-state index contributed by atoms with van der Waals surface area (Å²) in [6, 6.07) is 5.39. The van der Waals surface area contributed by atoms with Gasteiger partial charge in [-0.2, -0.15) is 0 Å². The van der Waals surface area contributed by atoms with Crippen LogP contribution in [-0.2, 0) is 14.3 Å². The molecule has 1 aliphatic rings. The van der Waals surface area contributed by atoms with Crippen LogP contribution in [0.4, 0.5) is 5.69 Å². The van der Waals surface area contributed by atoms with Crippen LogP contribution in [0.25, 0.3) is 0 Å². The number of fused-ring (bicyclic) bond motifs is 1. The fourth-order valence-electron chi connectivity index (χ4n) is 3.55. The smallest absolute Gasteiger partial charge is 0.330 e. The lowest BCUT2D eigenvalue weighted by Gasteiger charge is -2.27. The predicted octanol–water partition coefficient (Wildman–Crippen LogP) is 5.50. The molecule has 3 rings (SSSR count). The molecular formula is C23H20Cl4N2O6. The zero-order chi connectivity index (χ0) is 26.0. The summed E-state index contributed by atoms with van der Waals surface area (Å²) >= 11 is 24.4. The molecule has 0 saturated heterocycles. The first kappa shape index (κ1) is 27.1. The molecule has 8 nitrogen and oxygen atoms in total. The molecule has 3 amide bonds. The Morgan fingerprint density at radius 2 is 1.49 bits per heavy atom. The Morgan fingerprint density at radius 3 is 2.00 bits per heavy atom. The Kier molecular flexibility index (Phi) is 8.54. The molecule has 0 aromatic heterocycles. The van der Waals surface area contributed by atoms with Crippen molar-refractivity contribution < 1.29 is 28.7 Å². The monoisotopic (exact) mass is 560 g/mol. The highest BCUT2D eigenvalue weighted by molar-refractivity contribution is 6.55. The fourth-order valence-corrected chi connectivity index (χ4v) is 4.57. The number of imide groups is 1. The second-order valence-electron chi connectivity index (χ2n) is 7.76. The highest BCUT2D eigenvalue weighted by atomic mass is 35.5. The first-order valence-electron chi connectivity index (χ1n) is 10.4. The van der Waals surface area contributed by atoms with Gasteiger partial charge in [0.1, 0.15) is 11.8 Å². The molecular weight excluding hydrogens is 542 g/mol. The van der Waals surface area contributed by atoms with Crippen LogP contribution in [0.2, 0.25) is 20.1 Å². The van der Waals surface area contributed by atoms with Crippen LogP contribution < -0.4 is 10.1 Å². The van der Waals surface area contributed by atoms with Crippen LogP contribution in [0, 0.1) is 5.92 Å². The molecule has 2 aromatic rings. The van der Waals surface area contributed by atoms with Gasteiger partial charge in [-0.15, -0.1) is 0 Å². The molecule has 2 aromatic carbocycles. The average Bonchev–Trinajstić information content (AvgIpc) is 3.06. The summed E-state index contributed by atoms with van der Waals surface area (Å²) in [7, 11) is 0. The number of para-hydroxylation sites is 2. The van der Waals surface area contributed by atoms with E-state index in [1.165, 1.54) is 0 Å². The average molecular weight is 562 g/mol. The van der Waals surface area contributed by atoms with Gasteiger partial charge in [0.2, 0.25) is 0 Å². The summed E-state index contributed by atoms with van der Waals surface area (Å²) < 4.78 is 10.6. The van der Waals surface area contributed by atoms with Crippen molar-refractivity contribution in [3.8, 4) is 5.75 Å². The van der Waals surface area contributed by atoms with E-state index in [1.807, 2.05) is 0 Å². The number of benzene rings is 2. The van der Waals surface area contributed by atoms with Crippen molar-refractivity contribution >= 4 is 75.8 Å². The van der Waals surface area contributed by atoms with Crippen LogP contribution in [0.15, 0.2) is 24.3 Å². The number of ether oxygens (including phenoxy) is 2. The highest BCUT2D eigenvalue weighted by Crippen LogP contribution is 2.45. The number of amides is 3. The first-order chi connectivity index (χ1) is 16.5. The number of hydrogen-bond acceptors (Lipinski definition) is 6. The summed E-state index contributed by atoms with van der Waals surface area (Å²) in [4.78, 5) is 52.3. The topological polar surface area (TPSA) is 102 Å². The maximum Gasteiger partial charge on any atom is 0.330 e. The molecule has 35 heavy (non-hydrogen) atoms. The van der Waals surface area contributed by atoms with Crippen molar-refractivity contribution in [2.24, 2.45) is 5.92 Å². The van der Waals surface area contributed by atoms with E-state index in [1.54, 1.807) is 45.0 Å². The van der Waals surface area contributed by atoms with E-state index in [-0.39, 0.29) is 31.2 Å². The standard InChI is InChI=1S/C23H20Cl4N2O6/c1-4-34-12-8-6-5-7-11(12)28-13(30)9-35-23(33)20(10(2)3)29-21(31)14-15(22(29)32)17(25)19(27)18(26)16(14)24/h5-8,10,20H,4,9H2,1-3H3,(H,28,30)/t20-/m0/s1. The van der Waals surface area contributed by atoms with Gasteiger partial charge in [0.05, 0.1) is 43.5 Å². The van der Waals surface area contributed by atoms with E-state index in [9.17, 15) is 19.2 Å². The molecule has 0 fully saturated rings. The molecule has 0 spiro atoms. The van der Waals surface area contributed by atoms with Crippen molar-refractivity contribution in [2.45, 2.75) is 26.8 Å². The Balaban J connectivity index is 1.79. The number of nitrogens with one attached hydrogen (secondary N) is 1. The van der Waals surface area contributed by atoms with Gasteiger partial charge < -0.3 is 14.8 Å². The number of carbonyl (C=O) groups is 4. The lowest BCUT2D eigenvalue weighted by molar-refractivity contribution is -0.152. The van der Waals surface area contributed by atoms with E-state index in [4.69, 9.17) is 55.9 Å². The molecule has 0 saturated carbocycles. The van der Waals surface area contributed by atoms with E-state index in [2.05, 4.69) is 5.32 Å². The minimum absolute atomic E-state index is 0.187. The SMILES string of the molecule is CCOc1ccccc1NC(=O)COC(=O)[C@H](C(C)C)N1C(=O)c2c(Cl)c(Cl)c(Cl)c(Cl)c2C1=O. The maximum absolute atomic E-state index is 13.1. The summed E-state index contributed by atoms with van der Waals surface area (Å²) in [6.07, 6.45) is 0. The van der Waals surface area contributed by atoms with E-state index >= 15 is 0 Å². The number of anilines is 1. The zero-order valence-electron chi connectivity index (χ0n) is 18.8. The van der Waals surface area contributed by atoms with Crippen molar-refractivity contribution in [1.29, 1.82) is 0 Å². The third-order valence-corrected chi connectivity index (χ3v) is 6.89. The van der Waals surface area contributed by atoms with E-state index in [0.29, 0.717) is 22.9 Å². The van der Waals surface area contributed by atoms with Gasteiger partial charge in [0, 0.05) is 0 Å². The Labute approximate surface area is 221 Å². The Hall–Kier alpha value is -2.52. The minimum Gasteiger partial charge on any atom is -0.492 e. The molecule has 186 valence electrons.